The predicted octanol–water partition coefficient (Wildman–Crippen LogP) is -0.517. The van der Waals surface area contributed by atoms with E-state index in [0.29, 0.717) is 0 Å². The Morgan fingerprint density at radius 2 is 2.07 bits per heavy atom. The van der Waals surface area contributed by atoms with E-state index in [-0.39, 0.29) is 24.5 Å². The van der Waals surface area contributed by atoms with Gasteiger partial charge in [0.05, 0.1) is 18.8 Å². The number of hydrogen-bond donors (Lipinski definition) is 3. The van der Waals surface area contributed by atoms with E-state index in [4.69, 9.17) is 10.5 Å². The summed E-state index contributed by atoms with van der Waals surface area (Å²) in [6.45, 7) is 6.04. The van der Waals surface area contributed by atoms with Gasteiger partial charge in [0, 0.05) is 13.7 Å². The second-order valence-corrected chi connectivity index (χ2v) is 4.70. The molecule has 5 nitrogen and oxygen atoms in total. The minimum absolute atomic E-state index is 0.163. The van der Waals surface area contributed by atoms with Crippen molar-refractivity contribution >= 4 is 5.91 Å². The molecule has 0 saturated carbocycles. The highest BCUT2D eigenvalue weighted by Crippen LogP contribution is 2.16. The highest BCUT2D eigenvalue weighted by Gasteiger charge is 2.27. The Balaban J connectivity index is 3.94. The molecule has 0 radical (unpaired) electrons. The molecule has 0 aliphatic rings. The van der Waals surface area contributed by atoms with Crippen LogP contribution in [0.2, 0.25) is 0 Å². The van der Waals surface area contributed by atoms with E-state index in [1.807, 2.05) is 20.8 Å². The van der Waals surface area contributed by atoms with Crippen LogP contribution in [0, 0.1) is 5.41 Å². The fourth-order valence-electron chi connectivity index (χ4n) is 0.973. The lowest BCUT2D eigenvalue weighted by Gasteiger charge is -2.26. The maximum absolute atomic E-state index is 11.5. The lowest BCUT2D eigenvalue weighted by atomic mass is 9.87. The van der Waals surface area contributed by atoms with Crippen LogP contribution in [0.3, 0.4) is 0 Å². The van der Waals surface area contributed by atoms with Gasteiger partial charge in [-0.25, -0.2) is 0 Å². The van der Waals surface area contributed by atoms with Crippen molar-refractivity contribution in [3.8, 4) is 0 Å². The summed E-state index contributed by atoms with van der Waals surface area (Å²) in [4.78, 5) is 11.5. The van der Waals surface area contributed by atoms with Crippen LogP contribution in [0.25, 0.3) is 0 Å². The van der Waals surface area contributed by atoms with Gasteiger partial charge >= 0.3 is 0 Å². The molecule has 0 aromatic rings. The van der Waals surface area contributed by atoms with Crippen LogP contribution in [0.1, 0.15) is 20.8 Å². The molecule has 1 amide bonds. The van der Waals surface area contributed by atoms with Crippen LogP contribution >= 0.6 is 0 Å². The molecule has 2 unspecified atom stereocenters. The zero-order valence-corrected chi connectivity index (χ0v) is 9.91. The van der Waals surface area contributed by atoms with Gasteiger partial charge in [-0.1, -0.05) is 20.8 Å². The van der Waals surface area contributed by atoms with Crippen molar-refractivity contribution in [2.75, 3.05) is 20.3 Å². The number of amides is 1. The Bertz CT molecular complexity index is 201. The Labute approximate surface area is 91.0 Å². The molecule has 90 valence electrons. The van der Waals surface area contributed by atoms with Gasteiger partial charge in [-0.05, 0) is 5.41 Å². The van der Waals surface area contributed by atoms with E-state index in [1.54, 1.807) is 0 Å². The molecule has 0 spiro atoms. The zero-order chi connectivity index (χ0) is 12.1. The summed E-state index contributed by atoms with van der Waals surface area (Å²) in [5, 5.41) is 11.9. The molecule has 0 aliphatic heterocycles. The zero-order valence-electron chi connectivity index (χ0n) is 9.91. The summed E-state index contributed by atoms with van der Waals surface area (Å²) in [7, 11) is 1.49. The number of carbonyl (C=O) groups excluding carboxylic acids is 1. The number of nitrogens with two attached hydrogens (primary N) is 1. The highest BCUT2D eigenvalue weighted by atomic mass is 16.5. The van der Waals surface area contributed by atoms with Gasteiger partial charge in [0.1, 0.15) is 0 Å². The molecule has 0 aliphatic carbocycles. The highest BCUT2D eigenvalue weighted by molar-refractivity contribution is 5.82. The standard InChI is InChI=1S/C10H22N2O3/c1-10(2,3)8(11)9(14)12-5-7(13)6-15-4/h7-8,13H,5-6,11H2,1-4H3,(H,12,14). The Morgan fingerprint density at radius 1 is 1.53 bits per heavy atom. The van der Waals surface area contributed by atoms with Crippen LogP contribution in [-0.4, -0.2) is 43.4 Å². The van der Waals surface area contributed by atoms with Gasteiger partial charge < -0.3 is 20.9 Å². The van der Waals surface area contributed by atoms with Crippen molar-refractivity contribution in [3.05, 3.63) is 0 Å². The van der Waals surface area contributed by atoms with E-state index in [1.165, 1.54) is 7.11 Å². The first-order valence-corrected chi connectivity index (χ1v) is 4.99. The van der Waals surface area contributed by atoms with Crippen LogP contribution in [-0.2, 0) is 9.53 Å². The minimum atomic E-state index is -0.689. The number of carbonyl (C=O) groups is 1. The van der Waals surface area contributed by atoms with E-state index >= 15 is 0 Å². The van der Waals surface area contributed by atoms with Gasteiger partial charge in [0.25, 0.3) is 0 Å². The van der Waals surface area contributed by atoms with E-state index in [0.717, 1.165) is 0 Å². The molecule has 0 bridgehead atoms. The van der Waals surface area contributed by atoms with Crippen molar-refractivity contribution in [2.24, 2.45) is 11.1 Å². The van der Waals surface area contributed by atoms with Gasteiger partial charge in [0.2, 0.25) is 5.91 Å². The number of aliphatic hydroxyl groups is 1. The molecule has 0 aromatic heterocycles. The maximum Gasteiger partial charge on any atom is 0.237 e. The Morgan fingerprint density at radius 3 is 2.47 bits per heavy atom. The maximum atomic E-state index is 11.5. The molecule has 0 rings (SSSR count). The SMILES string of the molecule is COCC(O)CNC(=O)C(N)C(C)(C)C. The second-order valence-electron chi connectivity index (χ2n) is 4.70. The number of aliphatic hydroxyl groups excluding tert-OH is 1. The Kier molecular flexibility index (Phi) is 5.79. The quantitative estimate of drug-likeness (QED) is 0.580. The molecule has 4 N–H and O–H groups in total. The summed E-state index contributed by atoms with van der Waals surface area (Å²) in [5.41, 5.74) is 5.45. The topological polar surface area (TPSA) is 84.6 Å². The summed E-state index contributed by atoms with van der Waals surface area (Å²) >= 11 is 0. The van der Waals surface area contributed by atoms with E-state index in [9.17, 15) is 9.90 Å². The van der Waals surface area contributed by atoms with Gasteiger partial charge in [-0.15, -0.1) is 0 Å². The molecule has 2 atom stereocenters. The van der Waals surface area contributed by atoms with E-state index < -0.39 is 12.1 Å². The third-order valence-electron chi connectivity index (χ3n) is 2.09. The first kappa shape index (κ1) is 14.3. The van der Waals surface area contributed by atoms with Crippen molar-refractivity contribution in [1.82, 2.24) is 5.32 Å². The van der Waals surface area contributed by atoms with Crippen molar-refractivity contribution in [1.29, 1.82) is 0 Å². The first-order valence-electron chi connectivity index (χ1n) is 4.99. The van der Waals surface area contributed by atoms with Gasteiger partial charge in [0.15, 0.2) is 0 Å². The van der Waals surface area contributed by atoms with Crippen molar-refractivity contribution < 1.29 is 14.6 Å². The number of methoxy groups -OCH3 is 1. The van der Waals surface area contributed by atoms with Gasteiger partial charge in [-0.2, -0.15) is 0 Å². The number of ether oxygens (including phenoxy) is 1. The predicted molar refractivity (Wildman–Crippen MR) is 58.3 cm³/mol. The number of hydrogen-bond acceptors (Lipinski definition) is 4. The van der Waals surface area contributed by atoms with Crippen LogP contribution < -0.4 is 11.1 Å². The fraction of sp³-hybridized carbons (Fsp3) is 0.900. The summed E-state index contributed by atoms with van der Waals surface area (Å²) in [6.07, 6.45) is -0.689. The summed E-state index contributed by atoms with van der Waals surface area (Å²) in [5.74, 6) is -0.252. The average Bonchev–Trinajstić information content (AvgIpc) is 2.12. The molecule has 0 aromatic carbocycles. The van der Waals surface area contributed by atoms with Crippen molar-refractivity contribution in [3.63, 3.8) is 0 Å². The molecule has 0 heterocycles. The Hall–Kier alpha value is -0.650. The molecule has 5 heteroatoms. The smallest absolute Gasteiger partial charge is 0.237 e. The van der Waals surface area contributed by atoms with Crippen LogP contribution in [0.15, 0.2) is 0 Å². The number of nitrogens with one attached hydrogen (secondary N) is 1. The molecular formula is C10H22N2O3. The lowest BCUT2D eigenvalue weighted by molar-refractivity contribution is -0.125. The van der Waals surface area contributed by atoms with Crippen molar-refractivity contribution in [2.45, 2.75) is 32.9 Å². The first-order chi connectivity index (χ1) is 6.79. The van der Waals surface area contributed by atoms with Gasteiger partial charge in [-0.3, -0.25) is 4.79 Å². The summed E-state index contributed by atoms with van der Waals surface area (Å²) < 4.78 is 4.73. The largest absolute Gasteiger partial charge is 0.389 e. The minimum Gasteiger partial charge on any atom is -0.389 e. The molecule has 15 heavy (non-hydrogen) atoms. The number of rotatable bonds is 5. The second kappa shape index (κ2) is 6.05. The normalized spacial score (nSPS) is 15.9. The third kappa shape index (κ3) is 5.71. The average molecular weight is 218 g/mol. The van der Waals surface area contributed by atoms with Crippen LogP contribution in [0.4, 0.5) is 0 Å². The molecule has 0 fully saturated rings. The third-order valence-corrected chi connectivity index (χ3v) is 2.09. The molecular weight excluding hydrogens is 196 g/mol. The fourth-order valence-corrected chi connectivity index (χ4v) is 0.973. The monoisotopic (exact) mass is 218 g/mol. The van der Waals surface area contributed by atoms with Crippen LogP contribution in [0.5, 0.6) is 0 Å². The lowest BCUT2D eigenvalue weighted by Crippen LogP contribution is -2.50. The van der Waals surface area contributed by atoms with E-state index in [2.05, 4.69) is 5.32 Å². The molecule has 0 saturated heterocycles. The summed E-state index contributed by atoms with van der Waals surface area (Å²) in [6, 6.07) is -0.577.